The van der Waals surface area contributed by atoms with Gasteiger partial charge in [-0.1, -0.05) is 23.7 Å². The van der Waals surface area contributed by atoms with Crippen molar-refractivity contribution in [2.45, 2.75) is 52.1 Å². The number of carbonyl (C=O) groups is 2. The van der Waals surface area contributed by atoms with Crippen molar-refractivity contribution in [3.8, 4) is 0 Å². The van der Waals surface area contributed by atoms with Gasteiger partial charge in [0, 0.05) is 37.7 Å². The molecule has 0 saturated carbocycles. The predicted octanol–water partition coefficient (Wildman–Crippen LogP) is 3.68. The molecule has 0 unspecified atom stereocenters. The summed E-state index contributed by atoms with van der Waals surface area (Å²) in [5.74, 6) is 0.00886. The molecule has 1 aromatic rings. The Morgan fingerprint density at radius 3 is 2.17 bits per heavy atom. The van der Waals surface area contributed by atoms with Gasteiger partial charge in [0.25, 0.3) is 0 Å². The molecule has 0 spiro atoms. The summed E-state index contributed by atoms with van der Waals surface area (Å²) in [6.45, 7) is 14.0. The fourth-order valence-electron chi connectivity index (χ4n) is 3.20. The molecule has 0 aromatic heterocycles. The number of amides is 2. The van der Waals surface area contributed by atoms with Gasteiger partial charge in [0.15, 0.2) is 0 Å². The van der Waals surface area contributed by atoms with E-state index in [0.29, 0.717) is 24.7 Å². The number of benzene rings is 1. The zero-order chi connectivity index (χ0) is 21.7. The maximum absolute atomic E-state index is 12.6. The zero-order valence-electron chi connectivity index (χ0n) is 18.3. The Labute approximate surface area is 179 Å². The van der Waals surface area contributed by atoms with E-state index in [1.54, 1.807) is 4.90 Å². The van der Waals surface area contributed by atoms with Gasteiger partial charge in [0.05, 0.1) is 5.41 Å². The molecule has 0 bridgehead atoms. The van der Waals surface area contributed by atoms with Crippen LogP contribution in [0, 0.1) is 0 Å². The number of halogens is 1. The monoisotopic (exact) mass is 423 g/mol. The van der Waals surface area contributed by atoms with Crippen LogP contribution in [0.4, 0.5) is 4.79 Å². The van der Waals surface area contributed by atoms with E-state index in [1.165, 1.54) is 0 Å². The third-order valence-corrected chi connectivity index (χ3v) is 5.35. The normalized spacial score (nSPS) is 15.9. The lowest BCUT2D eigenvalue weighted by molar-refractivity contribution is -0.125. The minimum atomic E-state index is -0.608. The van der Waals surface area contributed by atoms with Crippen molar-refractivity contribution in [3.05, 3.63) is 34.9 Å². The first kappa shape index (κ1) is 23.5. The highest BCUT2D eigenvalue weighted by Gasteiger charge is 2.29. The van der Waals surface area contributed by atoms with Crippen molar-refractivity contribution in [3.63, 3.8) is 0 Å². The second kappa shape index (κ2) is 9.81. The maximum atomic E-state index is 12.6. The Morgan fingerprint density at radius 2 is 1.62 bits per heavy atom. The second-order valence-corrected chi connectivity index (χ2v) is 9.49. The number of ether oxygens (including phenoxy) is 1. The third kappa shape index (κ3) is 7.19. The lowest BCUT2D eigenvalue weighted by atomic mass is 9.84. The molecule has 1 saturated heterocycles. The summed E-state index contributed by atoms with van der Waals surface area (Å²) in [4.78, 5) is 28.8. The summed E-state index contributed by atoms with van der Waals surface area (Å²) in [6.07, 6.45) is 0.628. The second-order valence-electron chi connectivity index (χ2n) is 9.05. The average Bonchev–Trinajstić information content (AvgIpc) is 2.64. The van der Waals surface area contributed by atoms with E-state index in [2.05, 4.69) is 10.2 Å². The standard InChI is InChI=1S/C22H34ClN3O3/c1-21(2,3)29-20(28)26-15-13-25(14-16-26)12-6-11-24-19(27)22(4,5)17-7-9-18(23)10-8-17/h7-10H,6,11-16H2,1-5H3,(H,24,27). The van der Waals surface area contributed by atoms with Gasteiger partial charge >= 0.3 is 6.09 Å². The van der Waals surface area contributed by atoms with Crippen LogP contribution in [0.1, 0.15) is 46.6 Å². The van der Waals surface area contributed by atoms with E-state index in [0.717, 1.165) is 31.6 Å². The fourth-order valence-corrected chi connectivity index (χ4v) is 3.33. The van der Waals surface area contributed by atoms with Crippen molar-refractivity contribution in [2.75, 3.05) is 39.3 Å². The Bertz CT molecular complexity index is 690. The highest BCUT2D eigenvalue weighted by atomic mass is 35.5. The molecule has 2 rings (SSSR count). The van der Waals surface area contributed by atoms with Crippen molar-refractivity contribution >= 4 is 23.6 Å². The molecule has 1 aliphatic heterocycles. The SMILES string of the molecule is CC(C)(C)OC(=O)N1CCN(CCCNC(=O)C(C)(C)c2ccc(Cl)cc2)CC1. The van der Waals surface area contributed by atoms with E-state index >= 15 is 0 Å². The number of rotatable bonds is 6. The minimum Gasteiger partial charge on any atom is -0.444 e. The highest BCUT2D eigenvalue weighted by Crippen LogP contribution is 2.24. The van der Waals surface area contributed by atoms with Gasteiger partial charge in [-0.15, -0.1) is 0 Å². The predicted molar refractivity (Wildman–Crippen MR) is 116 cm³/mol. The van der Waals surface area contributed by atoms with Gasteiger partial charge in [-0.25, -0.2) is 4.79 Å². The van der Waals surface area contributed by atoms with Gasteiger partial charge in [-0.3, -0.25) is 9.69 Å². The van der Waals surface area contributed by atoms with Crippen molar-refractivity contribution in [1.82, 2.24) is 15.1 Å². The quantitative estimate of drug-likeness (QED) is 0.709. The van der Waals surface area contributed by atoms with Gasteiger partial charge in [0.1, 0.15) is 5.60 Å². The molecule has 0 aliphatic carbocycles. The van der Waals surface area contributed by atoms with E-state index in [4.69, 9.17) is 16.3 Å². The van der Waals surface area contributed by atoms with E-state index in [-0.39, 0.29) is 12.0 Å². The van der Waals surface area contributed by atoms with Crippen LogP contribution >= 0.6 is 11.6 Å². The van der Waals surface area contributed by atoms with Crippen LogP contribution in [0.25, 0.3) is 0 Å². The Hall–Kier alpha value is -1.79. The number of hydrogen-bond acceptors (Lipinski definition) is 4. The van der Waals surface area contributed by atoms with E-state index in [1.807, 2.05) is 58.9 Å². The summed E-state index contributed by atoms with van der Waals surface area (Å²) in [5.41, 5.74) is -0.131. The summed E-state index contributed by atoms with van der Waals surface area (Å²) < 4.78 is 5.43. The van der Waals surface area contributed by atoms with Crippen LogP contribution in [0.5, 0.6) is 0 Å². The molecule has 29 heavy (non-hydrogen) atoms. The minimum absolute atomic E-state index is 0.00886. The lowest BCUT2D eigenvalue weighted by Gasteiger charge is -2.35. The summed E-state index contributed by atoms with van der Waals surface area (Å²) in [6, 6.07) is 7.41. The van der Waals surface area contributed by atoms with Crippen LogP contribution in [0.2, 0.25) is 5.02 Å². The summed E-state index contributed by atoms with van der Waals surface area (Å²) in [7, 11) is 0. The largest absolute Gasteiger partial charge is 0.444 e. The topological polar surface area (TPSA) is 61.9 Å². The molecule has 2 amide bonds. The summed E-state index contributed by atoms with van der Waals surface area (Å²) in [5, 5.41) is 3.71. The molecule has 1 aromatic carbocycles. The number of hydrogen-bond donors (Lipinski definition) is 1. The van der Waals surface area contributed by atoms with Gasteiger partial charge < -0.3 is 15.0 Å². The smallest absolute Gasteiger partial charge is 0.410 e. The molecule has 1 N–H and O–H groups in total. The first-order valence-electron chi connectivity index (χ1n) is 10.2. The van der Waals surface area contributed by atoms with Crippen LogP contribution in [-0.4, -0.2) is 66.7 Å². The molecule has 6 nitrogen and oxygen atoms in total. The number of nitrogens with zero attached hydrogens (tertiary/aromatic N) is 2. The first-order chi connectivity index (χ1) is 13.5. The molecule has 0 radical (unpaired) electrons. The molecule has 0 atom stereocenters. The van der Waals surface area contributed by atoms with Crippen LogP contribution in [-0.2, 0) is 14.9 Å². The number of piperazine rings is 1. The zero-order valence-corrected chi connectivity index (χ0v) is 19.0. The number of carbonyl (C=O) groups excluding carboxylic acids is 2. The van der Waals surface area contributed by atoms with Crippen molar-refractivity contribution in [1.29, 1.82) is 0 Å². The van der Waals surface area contributed by atoms with E-state index in [9.17, 15) is 9.59 Å². The molecular formula is C22H34ClN3O3. The van der Waals surface area contributed by atoms with Crippen LogP contribution < -0.4 is 5.32 Å². The molecule has 1 fully saturated rings. The van der Waals surface area contributed by atoms with Crippen molar-refractivity contribution in [2.24, 2.45) is 0 Å². The molecule has 1 aliphatic rings. The molecular weight excluding hydrogens is 390 g/mol. The first-order valence-corrected chi connectivity index (χ1v) is 10.6. The van der Waals surface area contributed by atoms with Crippen LogP contribution in [0.15, 0.2) is 24.3 Å². The third-order valence-electron chi connectivity index (χ3n) is 5.09. The molecule has 162 valence electrons. The van der Waals surface area contributed by atoms with Gasteiger partial charge in [-0.05, 0) is 65.3 Å². The lowest BCUT2D eigenvalue weighted by Crippen LogP contribution is -2.50. The highest BCUT2D eigenvalue weighted by molar-refractivity contribution is 6.30. The number of nitrogens with one attached hydrogen (secondary N) is 1. The Kier molecular flexibility index (Phi) is 7.94. The van der Waals surface area contributed by atoms with E-state index < -0.39 is 11.0 Å². The van der Waals surface area contributed by atoms with Gasteiger partial charge in [0.2, 0.25) is 5.91 Å². The van der Waals surface area contributed by atoms with Gasteiger partial charge in [-0.2, -0.15) is 0 Å². The van der Waals surface area contributed by atoms with Crippen LogP contribution in [0.3, 0.4) is 0 Å². The molecule has 7 heteroatoms. The fraction of sp³-hybridized carbons (Fsp3) is 0.636. The Morgan fingerprint density at radius 1 is 1.03 bits per heavy atom. The average molecular weight is 424 g/mol. The maximum Gasteiger partial charge on any atom is 0.410 e. The molecule has 1 heterocycles. The Balaban J connectivity index is 1.69. The van der Waals surface area contributed by atoms with Crippen molar-refractivity contribution < 1.29 is 14.3 Å². The summed E-state index contributed by atoms with van der Waals surface area (Å²) >= 11 is 5.94.